The van der Waals surface area contributed by atoms with Gasteiger partial charge >= 0.3 is 5.97 Å². The zero-order valence-electron chi connectivity index (χ0n) is 10.8. The molecule has 0 bridgehead atoms. The number of aliphatic carboxylic acids is 1. The number of carboxylic acids is 1. The summed E-state index contributed by atoms with van der Waals surface area (Å²) in [5, 5.41) is 11.8. The van der Waals surface area contributed by atoms with E-state index in [2.05, 4.69) is 5.32 Å². The van der Waals surface area contributed by atoms with Crippen molar-refractivity contribution in [1.29, 1.82) is 0 Å². The van der Waals surface area contributed by atoms with Gasteiger partial charge in [0.1, 0.15) is 12.1 Å². The molecule has 1 aromatic carbocycles. The van der Waals surface area contributed by atoms with Gasteiger partial charge in [0.15, 0.2) is 11.5 Å². The highest BCUT2D eigenvalue weighted by Crippen LogP contribution is 2.34. The summed E-state index contributed by atoms with van der Waals surface area (Å²) in [6, 6.07) is 7.07. The molecule has 20 heavy (non-hydrogen) atoms. The molecule has 0 spiro atoms. The van der Waals surface area contributed by atoms with Crippen LogP contribution in [-0.2, 0) is 9.59 Å². The molecular weight excluding hydrogens is 262 g/mol. The second kappa shape index (κ2) is 4.70. The van der Waals surface area contributed by atoms with Crippen LogP contribution >= 0.6 is 0 Å². The number of carbonyl (C=O) groups excluding carboxylic acids is 1. The van der Waals surface area contributed by atoms with E-state index < -0.39 is 23.5 Å². The molecule has 3 rings (SSSR count). The molecule has 0 saturated heterocycles. The van der Waals surface area contributed by atoms with Crippen LogP contribution in [0.5, 0.6) is 11.5 Å². The molecule has 1 aromatic rings. The molecule has 1 atom stereocenters. The lowest BCUT2D eigenvalue weighted by molar-refractivity contribution is -0.153. The van der Waals surface area contributed by atoms with Crippen molar-refractivity contribution in [3.63, 3.8) is 0 Å². The summed E-state index contributed by atoms with van der Waals surface area (Å²) in [4.78, 5) is 23.4. The van der Waals surface area contributed by atoms with Gasteiger partial charge < -0.3 is 19.9 Å². The summed E-state index contributed by atoms with van der Waals surface area (Å²) in [7, 11) is 0. The first-order chi connectivity index (χ1) is 9.61. The number of ether oxygens (including phenoxy) is 2. The van der Waals surface area contributed by atoms with E-state index in [4.69, 9.17) is 9.47 Å². The van der Waals surface area contributed by atoms with Crippen molar-refractivity contribution in [2.75, 3.05) is 6.61 Å². The highest BCUT2D eigenvalue weighted by molar-refractivity contribution is 5.90. The Hall–Kier alpha value is -2.24. The molecule has 1 amide bonds. The van der Waals surface area contributed by atoms with E-state index in [1.807, 2.05) is 6.07 Å². The Morgan fingerprint density at radius 1 is 1.25 bits per heavy atom. The monoisotopic (exact) mass is 277 g/mol. The maximum Gasteiger partial charge on any atom is 0.329 e. The van der Waals surface area contributed by atoms with E-state index in [-0.39, 0.29) is 6.61 Å². The molecule has 106 valence electrons. The van der Waals surface area contributed by atoms with Gasteiger partial charge in [0, 0.05) is 0 Å². The van der Waals surface area contributed by atoms with Gasteiger partial charge in [-0.3, -0.25) is 4.79 Å². The first-order valence-corrected chi connectivity index (χ1v) is 6.55. The standard InChI is InChI=1S/C14H15NO5/c16-12(15-14(13(17)18)6-3-7-14)11-8-19-9-4-1-2-5-10(9)20-11/h1-2,4-5,11H,3,6-8H2,(H,15,16)(H,17,18). The molecule has 2 aliphatic rings. The zero-order valence-corrected chi connectivity index (χ0v) is 10.8. The predicted octanol–water partition coefficient (Wildman–Crippen LogP) is 0.950. The first kappa shape index (κ1) is 12.8. The minimum Gasteiger partial charge on any atom is -0.485 e. The van der Waals surface area contributed by atoms with E-state index in [9.17, 15) is 14.7 Å². The molecule has 6 nitrogen and oxygen atoms in total. The Morgan fingerprint density at radius 3 is 2.55 bits per heavy atom. The quantitative estimate of drug-likeness (QED) is 0.859. The maximum atomic E-state index is 12.1. The number of nitrogens with one attached hydrogen (secondary N) is 1. The van der Waals surface area contributed by atoms with Gasteiger partial charge in [-0.2, -0.15) is 0 Å². The van der Waals surface area contributed by atoms with Crippen LogP contribution in [0.15, 0.2) is 24.3 Å². The highest BCUT2D eigenvalue weighted by atomic mass is 16.6. The molecule has 1 aliphatic heterocycles. The number of benzene rings is 1. The fourth-order valence-corrected chi connectivity index (χ4v) is 2.39. The normalized spacial score (nSPS) is 22.5. The third-order valence-corrected chi connectivity index (χ3v) is 3.78. The number of hydrogen-bond acceptors (Lipinski definition) is 4. The number of para-hydroxylation sites is 2. The van der Waals surface area contributed by atoms with E-state index in [1.165, 1.54) is 0 Å². The molecule has 1 fully saturated rings. The molecule has 1 heterocycles. The Morgan fingerprint density at radius 2 is 1.95 bits per heavy atom. The van der Waals surface area contributed by atoms with Crippen LogP contribution in [0, 0.1) is 0 Å². The van der Waals surface area contributed by atoms with Crippen molar-refractivity contribution in [2.45, 2.75) is 30.9 Å². The van der Waals surface area contributed by atoms with Crippen molar-refractivity contribution < 1.29 is 24.2 Å². The molecule has 1 aliphatic carbocycles. The maximum absolute atomic E-state index is 12.1. The van der Waals surface area contributed by atoms with Crippen LogP contribution in [-0.4, -0.2) is 35.2 Å². The van der Waals surface area contributed by atoms with Gasteiger partial charge in [0.25, 0.3) is 5.91 Å². The largest absolute Gasteiger partial charge is 0.485 e. The van der Waals surface area contributed by atoms with Crippen LogP contribution in [0.4, 0.5) is 0 Å². The number of rotatable bonds is 3. The summed E-state index contributed by atoms with van der Waals surface area (Å²) in [5.41, 5.74) is -1.13. The molecule has 6 heteroatoms. The number of amides is 1. The number of carbonyl (C=O) groups is 2. The second-order valence-corrected chi connectivity index (χ2v) is 5.09. The SMILES string of the molecule is O=C(NC1(C(=O)O)CCC1)C1COc2ccccc2O1. The Kier molecular flexibility index (Phi) is 3.00. The van der Waals surface area contributed by atoms with Crippen LogP contribution < -0.4 is 14.8 Å². The molecule has 0 radical (unpaired) electrons. The minimum absolute atomic E-state index is 0.0819. The topological polar surface area (TPSA) is 84.9 Å². The Labute approximate surface area is 115 Å². The van der Waals surface area contributed by atoms with Crippen molar-refractivity contribution in [3.05, 3.63) is 24.3 Å². The molecule has 0 aromatic heterocycles. The van der Waals surface area contributed by atoms with Gasteiger partial charge in [-0.1, -0.05) is 12.1 Å². The fourth-order valence-electron chi connectivity index (χ4n) is 2.39. The molecule has 2 N–H and O–H groups in total. The summed E-state index contributed by atoms with van der Waals surface area (Å²) in [6.07, 6.45) is 0.898. The average Bonchev–Trinajstić information content (AvgIpc) is 2.41. The van der Waals surface area contributed by atoms with E-state index in [0.29, 0.717) is 24.3 Å². The van der Waals surface area contributed by atoms with E-state index in [0.717, 1.165) is 6.42 Å². The van der Waals surface area contributed by atoms with Gasteiger partial charge in [0.2, 0.25) is 6.10 Å². The van der Waals surface area contributed by atoms with Gasteiger partial charge in [-0.05, 0) is 31.4 Å². The average molecular weight is 277 g/mol. The molecule has 1 saturated carbocycles. The minimum atomic E-state index is -1.13. The lowest BCUT2D eigenvalue weighted by atomic mass is 9.76. The summed E-state index contributed by atoms with van der Waals surface area (Å²) in [5.74, 6) is -0.346. The van der Waals surface area contributed by atoms with Crippen LogP contribution in [0.1, 0.15) is 19.3 Å². The van der Waals surface area contributed by atoms with Crippen molar-refractivity contribution >= 4 is 11.9 Å². The van der Waals surface area contributed by atoms with Crippen molar-refractivity contribution in [3.8, 4) is 11.5 Å². The third kappa shape index (κ3) is 2.07. The zero-order chi connectivity index (χ0) is 14.2. The predicted molar refractivity (Wildman–Crippen MR) is 68.7 cm³/mol. The molecular formula is C14H15NO5. The Bertz CT molecular complexity index is 552. The smallest absolute Gasteiger partial charge is 0.329 e. The van der Waals surface area contributed by atoms with Gasteiger partial charge in [0.05, 0.1) is 0 Å². The van der Waals surface area contributed by atoms with Crippen LogP contribution in [0.25, 0.3) is 0 Å². The van der Waals surface area contributed by atoms with Gasteiger partial charge in [-0.25, -0.2) is 4.79 Å². The van der Waals surface area contributed by atoms with Crippen LogP contribution in [0.2, 0.25) is 0 Å². The number of carboxylic acid groups (broad SMARTS) is 1. The van der Waals surface area contributed by atoms with Crippen molar-refractivity contribution in [2.24, 2.45) is 0 Å². The highest BCUT2D eigenvalue weighted by Gasteiger charge is 2.47. The summed E-state index contributed by atoms with van der Waals surface area (Å²) >= 11 is 0. The van der Waals surface area contributed by atoms with Crippen molar-refractivity contribution in [1.82, 2.24) is 5.32 Å². The summed E-state index contributed by atoms with van der Waals surface area (Å²) in [6.45, 7) is 0.0819. The van der Waals surface area contributed by atoms with Gasteiger partial charge in [-0.15, -0.1) is 0 Å². The lowest BCUT2D eigenvalue weighted by Gasteiger charge is -2.39. The molecule has 1 unspecified atom stereocenters. The van der Waals surface area contributed by atoms with E-state index in [1.54, 1.807) is 18.2 Å². The number of fused-ring (bicyclic) bond motifs is 1. The lowest BCUT2D eigenvalue weighted by Crippen LogP contribution is -2.62. The number of hydrogen-bond donors (Lipinski definition) is 2. The van der Waals surface area contributed by atoms with Crippen LogP contribution in [0.3, 0.4) is 0 Å². The Balaban J connectivity index is 1.69. The fraction of sp³-hybridized carbons (Fsp3) is 0.429. The first-order valence-electron chi connectivity index (χ1n) is 6.55. The summed E-state index contributed by atoms with van der Waals surface area (Å²) < 4.78 is 11.0. The van der Waals surface area contributed by atoms with E-state index >= 15 is 0 Å². The second-order valence-electron chi connectivity index (χ2n) is 5.09. The third-order valence-electron chi connectivity index (χ3n) is 3.78.